The van der Waals surface area contributed by atoms with E-state index in [1.807, 2.05) is 36.4 Å². The summed E-state index contributed by atoms with van der Waals surface area (Å²) in [5, 5.41) is 3.19. The van der Waals surface area contributed by atoms with Crippen LogP contribution in [0.1, 0.15) is 22.4 Å². The zero-order valence-electron chi connectivity index (χ0n) is 14.1. The van der Waals surface area contributed by atoms with Crippen molar-refractivity contribution in [2.24, 2.45) is 4.99 Å². The number of nitrogens with one attached hydrogen (secondary N) is 1. The number of hydrogen-bond donors (Lipinski definition) is 1. The average molecular weight is 316 g/mol. The maximum atomic E-state index is 4.63. The Hall–Kier alpha value is -3.01. The van der Waals surface area contributed by atoms with E-state index in [9.17, 15) is 0 Å². The molecule has 0 amide bonds. The van der Waals surface area contributed by atoms with Gasteiger partial charge in [-0.25, -0.2) is 9.97 Å². The molecule has 0 atom stereocenters. The minimum Gasteiger partial charge on any atom is -0.325 e. The molecule has 0 aliphatic carbocycles. The van der Waals surface area contributed by atoms with Crippen molar-refractivity contribution < 1.29 is 0 Å². The first-order valence-electron chi connectivity index (χ1n) is 7.89. The highest BCUT2D eigenvalue weighted by atomic mass is 15.1. The molecule has 0 unspecified atom stereocenters. The third-order valence-electron chi connectivity index (χ3n) is 3.65. The van der Waals surface area contributed by atoms with Gasteiger partial charge in [0, 0.05) is 6.20 Å². The van der Waals surface area contributed by atoms with Crippen LogP contribution in [-0.4, -0.2) is 16.2 Å². The van der Waals surface area contributed by atoms with Gasteiger partial charge in [-0.2, -0.15) is 0 Å². The molecule has 4 heteroatoms. The summed E-state index contributed by atoms with van der Waals surface area (Å²) in [6, 6.07) is 15.8. The molecule has 0 bridgehead atoms. The molecule has 24 heavy (non-hydrogen) atoms. The minimum absolute atomic E-state index is 0.745. The zero-order chi connectivity index (χ0) is 16.9. The molecule has 0 fully saturated rings. The molecular formula is C20H20N4. The predicted octanol–water partition coefficient (Wildman–Crippen LogP) is 4.90. The Morgan fingerprint density at radius 1 is 0.917 bits per heavy atom. The number of hydrogen-bond acceptors (Lipinski definition) is 4. The Bertz CT molecular complexity index is 847. The van der Waals surface area contributed by atoms with E-state index >= 15 is 0 Å². The standard InChI is InChI=1S/C20H20N4/c1-14-11-15(2)20(16(3)12-14)22-13-17-7-6-9-19(23-17)24-18-8-4-5-10-21-18/h4-13H,1-3H3,(H,21,23,24). The first kappa shape index (κ1) is 15.9. The van der Waals surface area contributed by atoms with Crippen molar-refractivity contribution >= 4 is 23.5 Å². The lowest BCUT2D eigenvalue weighted by Crippen LogP contribution is -1.97. The van der Waals surface area contributed by atoms with Crippen LogP contribution in [0.2, 0.25) is 0 Å². The lowest BCUT2D eigenvalue weighted by atomic mass is 10.1. The van der Waals surface area contributed by atoms with E-state index in [1.54, 1.807) is 12.4 Å². The van der Waals surface area contributed by atoms with Gasteiger partial charge >= 0.3 is 0 Å². The van der Waals surface area contributed by atoms with E-state index in [1.165, 1.54) is 16.7 Å². The highest BCUT2D eigenvalue weighted by molar-refractivity contribution is 5.81. The summed E-state index contributed by atoms with van der Waals surface area (Å²) in [6.45, 7) is 6.26. The highest BCUT2D eigenvalue weighted by Gasteiger charge is 2.02. The smallest absolute Gasteiger partial charge is 0.132 e. The van der Waals surface area contributed by atoms with Gasteiger partial charge < -0.3 is 5.32 Å². The van der Waals surface area contributed by atoms with Crippen molar-refractivity contribution in [3.05, 3.63) is 77.1 Å². The monoisotopic (exact) mass is 316 g/mol. The zero-order valence-corrected chi connectivity index (χ0v) is 14.1. The second-order valence-corrected chi connectivity index (χ2v) is 5.79. The Morgan fingerprint density at radius 2 is 1.67 bits per heavy atom. The third kappa shape index (κ3) is 3.84. The van der Waals surface area contributed by atoms with Crippen LogP contribution < -0.4 is 5.32 Å². The first-order valence-corrected chi connectivity index (χ1v) is 7.89. The summed E-state index contributed by atoms with van der Waals surface area (Å²) in [5.41, 5.74) is 5.41. The molecule has 2 heterocycles. The summed E-state index contributed by atoms with van der Waals surface area (Å²) < 4.78 is 0. The molecule has 0 aliphatic rings. The van der Waals surface area contributed by atoms with Gasteiger partial charge in [0.2, 0.25) is 0 Å². The summed E-state index contributed by atoms with van der Waals surface area (Å²) in [5.74, 6) is 1.51. The van der Waals surface area contributed by atoms with Gasteiger partial charge in [0.05, 0.1) is 17.6 Å². The molecule has 3 rings (SSSR count). The van der Waals surface area contributed by atoms with Crippen LogP contribution in [0, 0.1) is 20.8 Å². The molecule has 0 saturated heterocycles. The number of pyridine rings is 2. The van der Waals surface area contributed by atoms with Crippen molar-refractivity contribution in [2.45, 2.75) is 20.8 Å². The summed E-state index contributed by atoms with van der Waals surface area (Å²) in [6.07, 6.45) is 3.55. The normalized spacial score (nSPS) is 11.0. The molecule has 2 aromatic heterocycles. The topological polar surface area (TPSA) is 50.2 Å². The Kier molecular flexibility index (Phi) is 4.66. The lowest BCUT2D eigenvalue weighted by Gasteiger charge is -2.07. The van der Waals surface area contributed by atoms with Crippen LogP contribution in [0.15, 0.2) is 59.7 Å². The SMILES string of the molecule is Cc1cc(C)c(N=Cc2cccc(Nc3ccccn3)n2)c(C)c1. The van der Waals surface area contributed by atoms with Gasteiger partial charge in [-0.05, 0) is 56.2 Å². The van der Waals surface area contributed by atoms with Crippen molar-refractivity contribution in [1.29, 1.82) is 0 Å². The number of aromatic nitrogens is 2. The van der Waals surface area contributed by atoms with Gasteiger partial charge in [-0.1, -0.05) is 29.8 Å². The van der Waals surface area contributed by atoms with E-state index in [0.717, 1.165) is 23.0 Å². The van der Waals surface area contributed by atoms with E-state index < -0.39 is 0 Å². The maximum absolute atomic E-state index is 4.63. The quantitative estimate of drug-likeness (QED) is 0.697. The van der Waals surface area contributed by atoms with Gasteiger partial charge in [0.15, 0.2) is 0 Å². The Balaban J connectivity index is 1.82. The van der Waals surface area contributed by atoms with Crippen molar-refractivity contribution in [3.63, 3.8) is 0 Å². The number of aryl methyl sites for hydroxylation is 3. The van der Waals surface area contributed by atoms with Gasteiger partial charge in [-0.15, -0.1) is 0 Å². The fraction of sp³-hybridized carbons (Fsp3) is 0.150. The van der Waals surface area contributed by atoms with E-state index in [2.05, 4.69) is 53.2 Å². The van der Waals surface area contributed by atoms with Crippen LogP contribution in [0.4, 0.5) is 17.3 Å². The Labute approximate surface area is 142 Å². The number of nitrogens with zero attached hydrogens (tertiary/aromatic N) is 3. The van der Waals surface area contributed by atoms with Crippen molar-refractivity contribution in [1.82, 2.24) is 9.97 Å². The van der Waals surface area contributed by atoms with E-state index in [4.69, 9.17) is 0 Å². The lowest BCUT2D eigenvalue weighted by molar-refractivity contribution is 1.24. The number of benzene rings is 1. The molecule has 0 radical (unpaired) electrons. The summed E-state index contributed by atoms with van der Waals surface area (Å²) in [4.78, 5) is 13.4. The second kappa shape index (κ2) is 7.04. The predicted molar refractivity (Wildman–Crippen MR) is 99.7 cm³/mol. The summed E-state index contributed by atoms with van der Waals surface area (Å²) in [7, 11) is 0. The van der Waals surface area contributed by atoms with Crippen molar-refractivity contribution in [2.75, 3.05) is 5.32 Å². The average Bonchev–Trinajstić information content (AvgIpc) is 2.55. The molecule has 120 valence electrons. The van der Waals surface area contributed by atoms with Crippen LogP contribution in [0.25, 0.3) is 0 Å². The third-order valence-corrected chi connectivity index (χ3v) is 3.65. The molecule has 0 spiro atoms. The second-order valence-electron chi connectivity index (χ2n) is 5.79. The van der Waals surface area contributed by atoms with Crippen LogP contribution in [0.5, 0.6) is 0 Å². The minimum atomic E-state index is 0.745. The molecule has 4 nitrogen and oxygen atoms in total. The molecule has 0 aliphatic heterocycles. The largest absolute Gasteiger partial charge is 0.325 e. The number of aliphatic imine (C=N–C) groups is 1. The van der Waals surface area contributed by atoms with E-state index in [-0.39, 0.29) is 0 Å². The maximum Gasteiger partial charge on any atom is 0.132 e. The van der Waals surface area contributed by atoms with Crippen LogP contribution >= 0.6 is 0 Å². The van der Waals surface area contributed by atoms with Crippen LogP contribution in [0.3, 0.4) is 0 Å². The highest BCUT2D eigenvalue weighted by Crippen LogP contribution is 2.24. The van der Waals surface area contributed by atoms with Gasteiger partial charge in [-0.3, -0.25) is 4.99 Å². The van der Waals surface area contributed by atoms with Crippen molar-refractivity contribution in [3.8, 4) is 0 Å². The fourth-order valence-electron chi connectivity index (χ4n) is 2.67. The van der Waals surface area contributed by atoms with Gasteiger partial charge in [0.1, 0.15) is 11.6 Å². The first-order chi connectivity index (χ1) is 11.6. The molecule has 1 N–H and O–H groups in total. The Morgan fingerprint density at radius 3 is 2.38 bits per heavy atom. The number of anilines is 2. The number of rotatable bonds is 4. The fourth-order valence-corrected chi connectivity index (χ4v) is 2.67. The van der Waals surface area contributed by atoms with Crippen LogP contribution in [-0.2, 0) is 0 Å². The molecule has 0 saturated carbocycles. The summed E-state index contributed by atoms with van der Waals surface area (Å²) >= 11 is 0. The molecule has 3 aromatic rings. The van der Waals surface area contributed by atoms with Gasteiger partial charge in [0.25, 0.3) is 0 Å². The van der Waals surface area contributed by atoms with E-state index in [0.29, 0.717) is 0 Å². The molecule has 1 aromatic carbocycles. The molecular weight excluding hydrogens is 296 g/mol.